The molecule has 1 aromatic rings. The second-order valence-corrected chi connectivity index (χ2v) is 8.92. The Labute approximate surface area is 176 Å². The number of urea groups is 1. The summed E-state index contributed by atoms with van der Waals surface area (Å²) in [6.45, 7) is 0.0824. The lowest BCUT2D eigenvalue weighted by atomic mass is 9.82. The molecule has 1 atom stereocenters. The number of carbonyl (C=O) groups excluding carboxylic acids is 3. The van der Waals surface area contributed by atoms with Gasteiger partial charge in [-0.05, 0) is 49.3 Å². The zero-order chi connectivity index (χ0) is 21.1. The van der Waals surface area contributed by atoms with Crippen LogP contribution in [0.5, 0.6) is 0 Å². The Bertz CT molecular complexity index is 798. The van der Waals surface area contributed by atoms with Gasteiger partial charge in [0.1, 0.15) is 11.4 Å². The van der Waals surface area contributed by atoms with Crippen LogP contribution in [0.4, 0.5) is 9.18 Å². The highest BCUT2D eigenvalue weighted by atomic mass is 19.1. The van der Waals surface area contributed by atoms with Crippen LogP contribution in [0.25, 0.3) is 0 Å². The first kappa shape index (κ1) is 20.8. The predicted molar refractivity (Wildman–Crippen MR) is 110 cm³/mol. The monoisotopic (exact) mass is 415 g/mol. The third-order valence-electron chi connectivity index (χ3n) is 6.93. The normalized spacial score (nSPS) is 22.4. The maximum atomic E-state index is 13.3. The number of nitrogens with one attached hydrogen (secondary N) is 2. The molecule has 2 N–H and O–H groups in total. The first-order valence-corrected chi connectivity index (χ1v) is 11.2. The van der Waals surface area contributed by atoms with Crippen LogP contribution in [-0.4, -0.2) is 34.8 Å². The van der Waals surface area contributed by atoms with Gasteiger partial charge in [-0.2, -0.15) is 0 Å². The number of rotatable bonds is 6. The molecule has 0 aromatic heterocycles. The second-order valence-electron chi connectivity index (χ2n) is 8.92. The molecule has 3 fully saturated rings. The fourth-order valence-corrected chi connectivity index (χ4v) is 5.27. The van der Waals surface area contributed by atoms with Crippen molar-refractivity contribution in [1.82, 2.24) is 15.5 Å². The van der Waals surface area contributed by atoms with Crippen LogP contribution >= 0.6 is 0 Å². The van der Waals surface area contributed by atoms with E-state index in [2.05, 4.69) is 10.6 Å². The van der Waals surface area contributed by atoms with Crippen LogP contribution in [-0.2, 0) is 9.59 Å². The molecule has 1 aromatic carbocycles. The number of amides is 4. The summed E-state index contributed by atoms with van der Waals surface area (Å²) in [7, 11) is 0. The molecule has 1 heterocycles. The lowest BCUT2D eigenvalue weighted by molar-refractivity contribution is -0.132. The van der Waals surface area contributed by atoms with Crippen molar-refractivity contribution in [2.45, 2.75) is 75.8 Å². The third kappa shape index (κ3) is 4.20. The molecular formula is C23H30FN3O3. The van der Waals surface area contributed by atoms with Crippen molar-refractivity contribution < 1.29 is 18.8 Å². The summed E-state index contributed by atoms with van der Waals surface area (Å²) in [5.41, 5.74) is 0.138. The molecule has 1 aliphatic heterocycles. The molecule has 0 bridgehead atoms. The average Bonchev–Trinajstić information content (AvgIpc) is 3.34. The Kier molecular flexibility index (Phi) is 6.06. The summed E-state index contributed by atoms with van der Waals surface area (Å²) >= 11 is 0. The van der Waals surface area contributed by atoms with E-state index < -0.39 is 5.54 Å². The van der Waals surface area contributed by atoms with Crippen molar-refractivity contribution in [2.75, 3.05) is 6.54 Å². The van der Waals surface area contributed by atoms with Crippen LogP contribution in [0, 0.1) is 11.7 Å². The van der Waals surface area contributed by atoms with Crippen LogP contribution < -0.4 is 10.6 Å². The molecule has 30 heavy (non-hydrogen) atoms. The summed E-state index contributed by atoms with van der Waals surface area (Å²) in [5, 5.41) is 5.97. The molecule has 4 rings (SSSR count). The van der Waals surface area contributed by atoms with Gasteiger partial charge in [0, 0.05) is 13.0 Å². The maximum Gasteiger partial charge on any atom is 0.325 e. The number of nitrogens with zero attached hydrogens (tertiary/aromatic N) is 1. The fourth-order valence-electron chi connectivity index (χ4n) is 5.27. The molecule has 2 aliphatic carbocycles. The van der Waals surface area contributed by atoms with Gasteiger partial charge in [0.2, 0.25) is 5.91 Å². The molecule has 2 saturated carbocycles. The molecule has 162 valence electrons. The SMILES string of the molecule is O=C(CCN1C(=O)NC2(CCCCC2)C1=O)N[C@@H](c1ccc(F)cc1)C1CCCC1. The van der Waals surface area contributed by atoms with Crippen molar-refractivity contribution in [3.05, 3.63) is 35.6 Å². The van der Waals surface area contributed by atoms with E-state index >= 15 is 0 Å². The smallest absolute Gasteiger partial charge is 0.325 e. The largest absolute Gasteiger partial charge is 0.349 e. The fraction of sp³-hybridized carbons (Fsp3) is 0.609. The van der Waals surface area contributed by atoms with E-state index in [4.69, 9.17) is 0 Å². The van der Waals surface area contributed by atoms with Crippen LogP contribution in [0.2, 0.25) is 0 Å². The number of imide groups is 1. The van der Waals surface area contributed by atoms with E-state index in [1.807, 2.05) is 0 Å². The van der Waals surface area contributed by atoms with Gasteiger partial charge in [-0.25, -0.2) is 9.18 Å². The number of carbonyl (C=O) groups is 3. The minimum atomic E-state index is -0.758. The van der Waals surface area contributed by atoms with Gasteiger partial charge in [-0.3, -0.25) is 14.5 Å². The summed E-state index contributed by atoms with van der Waals surface area (Å²) < 4.78 is 13.3. The van der Waals surface area contributed by atoms with E-state index in [-0.39, 0.29) is 42.7 Å². The van der Waals surface area contributed by atoms with Gasteiger partial charge in [0.25, 0.3) is 5.91 Å². The Morgan fingerprint density at radius 1 is 1.10 bits per heavy atom. The maximum absolute atomic E-state index is 13.3. The van der Waals surface area contributed by atoms with Crippen LogP contribution in [0.1, 0.15) is 75.8 Å². The van der Waals surface area contributed by atoms with Gasteiger partial charge in [-0.15, -0.1) is 0 Å². The molecule has 7 heteroatoms. The molecule has 1 spiro atoms. The van der Waals surface area contributed by atoms with E-state index in [0.29, 0.717) is 18.8 Å². The van der Waals surface area contributed by atoms with Crippen molar-refractivity contribution in [3.63, 3.8) is 0 Å². The van der Waals surface area contributed by atoms with Crippen molar-refractivity contribution in [2.24, 2.45) is 5.92 Å². The number of hydrogen-bond acceptors (Lipinski definition) is 3. The summed E-state index contributed by atoms with van der Waals surface area (Å²) in [4.78, 5) is 39.2. The predicted octanol–water partition coefficient (Wildman–Crippen LogP) is 3.82. The molecule has 6 nitrogen and oxygen atoms in total. The molecular weight excluding hydrogens is 385 g/mol. The van der Waals surface area contributed by atoms with Gasteiger partial charge >= 0.3 is 6.03 Å². The Morgan fingerprint density at radius 2 is 1.77 bits per heavy atom. The van der Waals surface area contributed by atoms with Gasteiger partial charge in [-0.1, -0.05) is 44.2 Å². The van der Waals surface area contributed by atoms with Crippen LogP contribution in [0.3, 0.4) is 0 Å². The van der Waals surface area contributed by atoms with Crippen molar-refractivity contribution in [3.8, 4) is 0 Å². The van der Waals surface area contributed by atoms with Crippen molar-refractivity contribution in [1.29, 1.82) is 0 Å². The van der Waals surface area contributed by atoms with E-state index in [9.17, 15) is 18.8 Å². The average molecular weight is 416 g/mol. The Balaban J connectivity index is 1.38. The molecule has 0 radical (unpaired) electrons. The van der Waals surface area contributed by atoms with Gasteiger partial charge in [0.05, 0.1) is 6.04 Å². The number of halogens is 1. The summed E-state index contributed by atoms with van der Waals surface area (Å²) in [6, 6.07) is 5.72. The quantitative estimate of drug-likeness (QED) is 0.694. The number of hydrogen-bond donors (Lipinski definition) is 2. The Morgan fingerprint density at radius 3 is 2.43 bits per heavy atom. The van der Waals surface area contributed by atoms with Gasteiger partial charge in [0.15, 0.2) is 0 Å². The lowest BCUT2D eigenvalue weighted by Gasteiger charge is -2.30. The van der Waals surface area contributed by atoms with Crippen molar-refractivity contribution >= 4 is 17.8 Å². The molecule has 0 unspecified atom stereocenters. The topological polar surface area (TPSA) is 78.5 Å². The standard InChI is InChI=1S/C23H30FN3O3/c24-18-10-8-17(9-11-18)20(16-6-2-3-7-16)25-19(28)12-15-27-21(29)23(26-22(27)30)13-4-1-5-14-23/h8-11,16,20H,1-7,12-15H2,(H,25,28)(H,26,30)/t20-/m1/s1. The molecule has 1 saturated heterocycles. The summed E-state index contributed by atoms with van der Waals surface area (Å²) in [5.74, 6) is -0.362. The van der Waals surface area contributed by atoms with E-state index in [0.717, 1.165) is 50.5 Å². The van der Waals surface area contributed by atoms with Crippen LogP contribution in [0.15, 0.2) is 24.3 Å². The third-order valence-corrected chi connectivity index (χ3v) is 6.93. The zero-order valence-corrected chi connectivity index (χ0v) is 17.3. The Hall–Kier alpha value is -2.44. The highest BCUT2D eigenvalue weighted by Crippen LogP contribution is 2.36. The lowest BCUT2D eigenvalue weighted by Crippen LogP contribution is -2.48. The highest BCUT2D eigenvalue weighted by molar-refractivity contribution is 6.07. The zero-order valence-electron chi connectivity index (χ0n) is 17.3. The van der Waals surface area contributed by atoms with Gasteiger partial charge < -0.3 is 10.6 Å². The second kappa shape index (κ2) is 8.74. The van der Waals surface area contributed by atoms with E-state index in [1.54, 1.807) is 12.1 Å². The summed E-state index contributed by atoms with van der Waals surface area (Å²) in [6.07, 6.45) is 8.67. The molecule has 4 amide bonds. The highest BCUT2D eigenvalue weighted by Gasteiger charge is 2.51. The molecule has 3 aliphatic rings. The minimum absolute atomic E-state index is 0.0691. The first-order chi connectivity index (χ1) is 14.5. The first-order valence-electron chi connectivity index (χ1n) is 11.2. The van der Waals surface area contributed by atoms with E-state index in [1.165, 1.54) is 17.0 Å². The number of benzene rings is 1. The minimum Gasteiger partial charge on any atom is -0.349 e.